The monoisotopic (exact) mass is 317 g/mol. The molecule has 112 valence electrons. The third-order valence-corrected chi connectivity index (χ3v) is 4.67. The number of aromatic hydroxyl groups is 1. The largest absolute Gasteiger partial charge is 0.507 e. The summed E-state index contributed by atoms with van der Waals surface area (Å²) in [5, 5.41) is 10.9. The van der Waals surface area contributed by atoms with Gasteiger partial charge in [-0.15, -0.1) is 0 Å². The highest BCUT2D eigenvalue weighted by atomic mass is 32.2. The van der Waals surface area contributed by atoms with E-state index in [1.807, 2.05) is 0 Å². The first-order valence-electron chi connectivity index (χ1n) is 6.47. The van der Waals surface area contributed by atoms with Crippen molar-refractivity contribution in [3.63, 3.8) is 0 Å². The van der Waals surface area contributed by atoms with Gasteiger partial charge in [-0.3, -0.25) is 4.72 Å². The minimum absolute atomic E-state index is 0.0458. The number of phenolic OH excluding ortho intramolecular Hbond substituents is 1. The van der Waals surface area contributed by atoms with Crippen molar-refractivity contribution >= 4 is 26.5 Å². The summed E-state index contributed by atoms with van der Waals surface area (Å²) < 4.78 is 40.7. The van der Waals surface area contributed by atoms with Gasteiger partial charge in [0.1, 0.15) is 16.5 Å². The van der Waals surface area contributed by atoms with E-state index in [0.717, 1.165) is 6.07 Å². The Hall–Kier alpha value is -2.60. The maximum absolute atomic E-state index is 13.7. The van der Waals surface area contributed by atoms with Crippen LogP contribution < -0.4 is 4.72 Å². The molecule has 0 aliphatic carbocycles. The van der Waals surface area contributed by atoms with E-state index in [4.69, 9.17) is 0 Å². The fraction of sp³-hybridized carbons (Fsp3) is 0. The lowest BCUT2D eigenvalue weighted by atomic mass is 10.1. The van der Waals surface area contributed by atoms with Gasteiger partial charge < -0.3 is 5.11 Å². The molecule has 3 aromatic carbocycles. The van der Waals surface area contributed by atoms with E-state index >= 15 is 0 Å². The first-order valence-corrected chi connectivity index (χ1v) is 7.95. The Morgan fingerprint density at radius 1 is 0.864 bits per heavy atom. The average molecular weight is 317 g/mol. The van der Waals surface area contributed by atoms with Crippen LogP contribution in [0.5, 0.6) is 5.75 Å². The van der Waals surface area contributed by atoms with E-state index in [0.29, 0.717) is 10.8 Å². The van der Waals surface area contributed by atoms with Gasteiger partial charge in [0.05, 0.1) is 5.69 Å². The van der Waals surface area contributed by atoms with Crippen LogP contribution in [0.15, 0.2) is 65.6 Å². The Labute approximate surface area is 126 Å². The quantitative estimate of drug-likeness (QED) is 0.777. The molecule has 0 heterocycles. The molecule has 0 amide bonds. The van der Waals surface area contributed by atoms with E-state index in [2.05, 4.69) is 4.72 Å². The van der Waals surface area contributed by atoms with Crippen molar-refractivity contribution in [3.05, 3.63) is 66.5 Å². The third kappa shape index (κ3) is 2.48. The standard InChI is InChI=1S/C16H12FNO3S/c17-13-7-1-2-10-16(13)22(20,21)18-14-8-3-6-12-11(14)5-4-9-15(12)19/h1-10,18-19H. The molecular formula is C16H12FNO3S. The number of nitrogens with one attached hydrogen (secondary N) is 1. The van der Waals surface area contributed by atoms with Crippen LogP contribution in [0.2, 0.25) is 0 Å². The summed E-state index contributed by atoms with van der Waals surface area (Å²) in [6, 6.07) is 14.8. The van der Waals surface area contributed by atoms with Crippen molar-refractivity contribution in [1.82, 2.24) is 0 Å². The Balaban J connectivity index is 2.11. The molecule has 0 aromatic heterocycles. The van der Waals surface area contributed by atoms with Crippen LogP contribution in [0.1, 0.15) is 0 Å². The highest BCUT2D eigenvalue weighted by Gasteiger charge is 2.19. The fourth-order valence-corrected chi connectivity index (χ4v) is 3.40. The minimum Gasteiger partial charge on any atom is -0.507 e. The fourth-order valence-electron chi connectivity index (χ4n) is 2.24. The van der Waals surface area contributed by atoms with Crippen molar-refractivity contribution in [2.24, 2.45) is 0 Å². The average Bonchev–Trinajstić information content (AvgIpc) is 2.48. The molecular weight excluding hydrogens is 305 g/mol. The zero-order valence-corrected chi connectivity index (χ0v) is 12.1. The minimum atomic E-state index is -4.05. The first-order chi connectivity index (χ1) is 10.5. The van der Waals surface area contributed by atoms with Gasteiger partial charge in [-0.1, -0.05) is 36.4 Å². The summed E-state index contributed by atoms with van der Waals surface area (Å²) in [6.07, 6.45) is 0. The van der Waals surface area contributed by atoms with Gasteiger partial charge in [-0.25, -0.2) is 12.8 Å². The molecule has 0 unspecified atom stereocenters. The Morgan fingerprint density at radius 2 is 1.55 bits per heavy atom. The lowest BCUT2D eigenvalue weighted by molar-refractivity contribution is 0.481. The van der Waals surface area contributed by atoms with E-state index < -0.39 is 20.7 Å². The maximum Gasteiger partial charge on any atom is 0.264 e. The van der Waals surface area contributed by atoms with Crippen LogP contribution in [-0.2, 0) is 10.0 Å². The van der Waals surface area contributed by atoms with Crippen LogP contribution in [0.4, 0.5) is 10.1 Å². The molecule has 3 aromatic rings. The first kappa shape index (κ1) is 14.3. The molecule has 2 N–H and O–H groups in total. The molecule has 0 fully saturated rings. The second-order valence-corrected chi connectivity index (χ2v) is 6.36. The number of anilines is 1. The normalized spacial score (nSPS) is 11.5. The molecule has 0 saturated carbocycles. The highest BCUT2D eigenvalue weighted by Crippen LogP contribution is 2.31. The van der Waals surface area contributed by atoms with Gasteiger partial charge in [0.2, 0.25) is 0 Å². The molecule has 0 bridgehead atoms. The Kier molecular flexibility index (Phi) is 3.46. The van der Waals surface area contributed by atoms with Crippen LogP contribution in [0.3, 0.4) is 0 Å². The van der Waals surface area contributed by atoms with Crippen molar-refractivity contribution in [1.29, 1.82) is 0 Å². The van der Waals surface area contributed by atoms with Gasteiger partial charge in [0.25, 0.3) is 10.0 Å². The van der Waals surface area contributed by atoms with Crippen LogP contribution in [-0.4, -0.2) is 13.5 Å². The van der Waals surface area contributed by atoms with Crippen molar-refractivity contribution in [2.45, 2.75) is 4.90 Å². The summed E-state index contributed by atoms with van der Waals surface area (Å²) in [7, 11) is -4.05. The second kappa shape index (κ2) is 5.31. The summed E-state index contributed by atoms with van der Waals surface area (Å²) in [5.74, 6) is -0.775. The number of fused-ring (bicyclic) bond motifs is 1. The summed E-state index contributed by atoms with van der Waals surface area (Å²) in [5.41, 5.74) is 0.275. The van der Waals surface area contributed by atoms with Crippen molar-refractivity contribution in [2.75, 3.05) is 4.72 Å². The molecule has 0 aliphatic heterocycles. The molecule has 22 heavy (non-hydrogen) atoms. The number of hydrogen-bond acceptors (Lipinski definition) is 3. The topological polar surface area (TPSA) is 66.4 Å². The van der Waals surface area contributed by atoms with Crippen molar-refractivity contribution < 1.29 is 17.9 Å². The van der Waals surface area contributed by atoms with Gasteiger partial charge in [0, 0.05) is 10.8 Å². The molecule has 0 aliphatic rings. The molecule has 0 saturated heterocycles. The summed E-state index contributed by atoms with van der Waals surface area (Å²) >= 11 is 0. The number of benzene rings is 3. The van der Waals surface area contributed by atoms with Gasteiger partial charge in [-0.05, 0) is 24.3 Å². The van der Waals surface area contributed by atoms with Gasteiger partial charge >= 0.3 is 0 Å². The zero-order valence-electron chi connectivity index (χ0n) is 11.3. The third-order valence-electron chi connectivity index (χ3n) is 3.27. The van der Waals surface area contributed by atoms with Crippen molar-refractivity contribution in [3.8, 4) is 5.75 Å². The van der Waals surface area contributed by atoms with Gasteiger partial charge in [-0.2, -0.15) is 0 Å². The number of phenols is 1. The number of hydrogen-bond donors (Lipinski definition) is 2. The number of rotatable bonds is 3. The lowest BCUT2D eigenvalue weighted by Crippen LogP contribution is -2.14. The highest BCUT2D eigenvalue weighted by molar-refractivity contribution is 7.92. The smallest absolute Gasteiger partial charge is 0.264 e. The molecule has 0 radical (unpaired) electrons. The maximum atomic E-state index is 13.7. The Bertz CT molecular complexity index is 955. The predicted molar refractivity (Wildman–Crippen MR) is 82.8 cm³/mol. The molecule has 0 spiro atoms. The number of halogens is 1. The van der Waals surface area contributed by atoms with Gasteiger partial charge in [0.15, 0.2) is 0 Å². The molecule has 3 rings (SSSR count). The van der Waals surface area contributed by atoms with Crippen LogP contribution in [0.25, 0.3) is 10.8 Å². The zero-order chi connectivity index (χ0) is 15.7. The lowest BCUT2D eigenvalue weighted by Gasteiger charge is -2.11. The van der Waals surface area contributed by atoms with E-state index in [1.54, 1.807) is 30.3 Å². The van der Waals surface area contributed by atoms with E-state index in [9.17, 15) is 17.9 Å². The molecule has 4 nitrogen and oxygen atoms in total. The Morgan fingerprint density at radius 3 is 2.32 bits per heavy atom. The van der Waals surface area contributed by atoms with E-state index in [1.165, 1.54) is 24.3 Å². The summed E-state index contributed by atoms with van der Waals surface area (Å²) in [6.45, 7) is 0. The van der Waals surface area contributed by atoms with Crippen LogP contribution >= 0.6 is 0 Å². The molecule has 6 heteroatoms. The second-order valence-electron chi connectivity index (χ2n) is 4.71. The SMILES string of the molecule is O=S(=O)(Nc1cccc2c(O)cccc12)c1ccccc1F. The summed E-state index contributed by atoms with van der Waals surface area (Å²) in [4.78, 5) is -0.424. The number of sulfonamides is 1. The molecule has 0 atom stereocenters. The predicted octanol–water partition coefficient (Wildman–Crippen LogP) is 3.49. The van der Waals surface area contributed by atoms with E-state index in [-0.39, 0.29) is 11.4 Å². The van der Waals surface area contributed by atoms with Crippen LogP contribution in [0, 0.1) is 5.82 Å².